The summed E-state index contributed by atoms with van der Waals surface area (Å²) in [6.07, 6.45) is 15.5. The van der Waals surface area contributed by atoms with Gasteiger partial charge in [-0.3, -0.25) is 0 Å². The number of halogens is 1. The Kier molecular flexibility index (Phi) is 8.64. The molecule has 0 saturated heterocycles. The maximum atomic E-state index is 14.6. The van der Waals surface area contributed by atoms with E-state index in [-0.39, 0.29) is 5.82 Å². The van der Waals surface area contributed by atoms with Crippen LogP contribution >= 0.6 is 0 Å². The summed E-state index contributed by atoms with van der Waals surface area (Å²) in [6.45, 7) is 4.32. The summed E-state index contributed by atoms with van der Waals surface area (Å²) in [4.78, 5) is 0. The van der Waals surface area contributed by atoms with Crippen LogP contribution in [0.1, 0.15) is 89.3 Å². The highest BCUT2D eigenvalue weighted by Crippen LogP contribution is 2.34. The molecule has 0 unspecified atom stereocenters. The highest BCUT2D eigenvalue weighted by molar-refractivity contribution is 5.59. The maximum absolute atomic E-state index is 14.6. The second kappa shape index (κ2) is 11.4. The molecular weight excluding hydrogens is 359 g/mol. The predicted molar refractivity (Wildman–Crippen MR) is 119 cm³/mol. The van der Waals surface area contributed by atoms with Crippen LogP contribution in [0.2, 0.25) is 0 Å². The molecule has 0 amide bonds. The zero-order chi connectivity index (χ0) is 20.5. The molecule has 1 fully saturated rings. The van der Waals surface area contributed by atoms with Crippen molar-refractivity contribution in [2.24, 2.45) is 11.8 Å². The standard InChI is InChI=1S/C26H37FN2/c1-3-5-6-7-8-20-9-11-21(12-10-20)13-14-22-15-17-24(25(27)19-22)26-18-16-23(4-2)28-29-26/h15-21H,3-14H2,1-2H3. The molecule has 0 aliphatic heterocycles. The lowest BCUT2D eigenvalue weighted by molar-refractivity contribution is 0.249. The van der Waals surface area contributed by atoms with Crippen molar-refractivity contribution in [1.82, 2.24) is 10.2 Å². The topological polar surface area (TPSA) is 25.8 Å². The molecule has 1 saturated carbocycles. The van der Waals surface area contributed by atoms with E-state index in [1.54, 1.807) is 6.07 Å². The SMILES string of the molecule is CCCCCCC1CCC(CCc2ccc(-c3ccc(CC)nn3)c(F)c2)CC1. The average Bonchev–Trinajstić information content (AvgIpc) is 2.76. The lowest BCUT2D eigenvalue weighted by atomic mass is 9.77. The van der Waals surface area contributed by atoms with Crippen molar-refractivity contribution in [3.8, 4) is 11.3 Å². The Hall–Kier alpha value is -1.77. The van der Waals surface area contributed by atoms with Crippen LogP contribution in [0.3, 0.4) is 0 Å². The molecule has 158 valence electrons. The largest absolute Gasteiger partial charge is 0.206 e. The Bertz CT molecular complexity index is 733. The Labute approximate surface area is 176 Å². The summed E-state index contributed by atoms with van der Waals surface area (Å²) < 4.78 is 14.6. The van der Waals surface area contributed by atoms with Gasteiger partial charge >= 0.3 is 0 Å². The van der Waals surface area contributed by atoms with Gasteiger partial charge in [0.1, 0.15) is 5.82 Å². The van der Waals surface area contributed by atoms with Crippen molar-refractivity contribution < 1.29 is 4.39 Å². The summed E-state index contributed by atoms with van der Waals surface area (Å²) in [5.74, 6) is 1.59. The highest BCUT2D eigenvalue weighted by Gasteiger charge is 2.20. The third-order valence-electron chi connectivity index (χ3n) is 6.66. The molecule has 2 nitrogen and oxygen atoms in total. The first kappa shape index (κ1) is 21.9. The minimum absolute atomic E-state index is 0.183. The molecule has 1 aliphatic carbocycles. The number of benzene rings is 1. The molecule has 2 aromatic rings. The lowest BCUT2D eigenvalue weighted by Crippen LogP contribution is -2.15. The zero-order valence-corrected chi connectivity index (χ0v) is 18.3. The minimum Gasteiger partial charge on any atom is -0.206 e. The van der Waals surface area contributed by atoms with E-state index < -0.39 is 0 Å². The predicted octanol–water partition coefficient (Wildman–Crippen LogP) is 7.55. The monoisotopic (exact) mass is 396 g/mol. The van der Waals surface area contributed by atoms with E-state index in [1.807, 2.05) is 25.1 Å². The number of nitrogens with zero attached hydrogens (tertiary/aromatic N) is 2. The third-order valence-corrected chi connectivity index (χ3v) is 6.66. The Balaban J connectivity index is 1.45. The summed E-state index contributed by atoms with van der Waals surface area (Å²) in [6, 6.07) is 9.42. The van der Waals surface area contributed by atoms with Crippen molar-refractivity contribution in [1.29, 1.82) is 0 Å². The van der Waals surface area contributed by atoms with E-state index >= 15 is 0 Å². The first-order chi connectivity index (χ1) is 14.2. The van der Waals surface area contributed by atoms with Crippen LogP contribution in [0.4, 0.5) is 4.39 Å². The van der Waals surface area contributed by atoms with Crippen LogP contribution in [0.15, 0.2) is 30.3 Å². The van der Waals surface area contributed by atoms with Gasteiger partial charge in [-0.05, 0) is 60.9 Å². The fourth-order valence-electron chi connectivity index (χ4n) is 4.65. The summed E-state index contributed by atoms with van der Waals surface area (Å²) in [7, 11) is 0. The Morgan fingerprint density at radius 2 is 1.62 bits per heavy atom. The molecule has 0 N–H and O–H groups in total. The van der Waals surface area contributed by atoms with E-state index in [0.717, 1.165) is 35.9 Å². The fourth-order valence-corrected chi connectivity index (χ4v) is 4.65. The Morgan fingerprint density at radius 3 is 2.24 bits per heavy atom. The van der Waals surface area contributed by atoms with Crippen LogP contribution in [-0.4, -0.2) is 10.2 Å². The van der Waals surface area contributed by atoms with Crippen molar-refractivity contribution in [3.63, 3.8) is 0 Å². The molecular formula is C26H37FN2. The molecule has 0 bridgehead atoms. The van der Waals surface area contributed by atoms with Crippen molar-refractivity contribution >= 4 is 0 Å². The second-order valence-corrected chi connectivity index (χ2v) is 8.85. The van der Waals surface area contributed by atoms with Crippen LogP contribution in [0, 0.1) is 17.7 Å². The van der Waals surface area contributed by atoms with Crippen LogP contribution < -0.4 is 0 Å². The summed E-state index contributed by atoms with van der Waals surface area (Å²) in [5.41, 5.74) is 3.20. The molecule has 0 spiro atoms. The number of aromatic nitrogens is 2. The zero-order valence-electron chi connectivity index (χ0n) is 18.3. The molecule has 29 heavy (non-hydrogen) atoms. The normalized spacial score (nSPS) is 19.4. The van der Waals surface area contributed by atoms with E-state index in [4.69, 9.17) is 0 Å². The van der Waals surface area contributed by atoms with Gasteiger partial charge in [-0.2, -0.15) is 10.2 Å². The van der Waals surface area contributed by atoms with Crippen molar-refractivity contribution in [3.05, 3.63) is 47.4 Å². The molecule has 0 atom stereocenters. The van der Waals surface area contributed by atoms with Crippen LogP contribution in [-0.2, 0) is 12.8 Å². The van der Waals surface area contributed by atoms with Gasteiger partial charge in [0, 0.05) is 5.56 Å². The van der Waals surface area contributed by atoms with Gasteiger partial charge < -0.3 is 0 Å². The van der Waals surface area contributed by atoms with Gasteiger partial charge in [0.15, 0.2) is 0 Å². The van der Waals surface area contributed by atoms with Crippen molar-refractivity contribution in [2.75, 3.05) is 0 Å². The van der Waals surface area contributed by atoms with Gasteiger partial charge in [-0.15, -0.1) is 0 Å². The van der Waals surface area contributed by atoms with E-state index in [1.165, 1.54) is 64.2 Å². The van der Waals surface area contributed by atoms with E-state index in [9.17, 15) is 4.39 Å². The van der Waals surface area contributed by atoms with Gasteiger partial charge in [-0.1, -0.05) is 77.7 Å². The molecule has 3 rings (SSSR count). The Morgan fingerprint density at radius 1 is 0.862 bits per heavy atom. The van der Waals surface area contributed by atoms with E-state index in [0.29, 0.717) is 11.3 Å². The van der Waals surface area contributed by atoms with Crippen molar-refractivity contribution in [2.45, 2.75) is 90.9 Å². The number of rotatable bonds is 10. The van der Waals surface area contributed by atoms with Crippen LogP contribution in [0.5, 0.6) is 0 Å². The molecule has 1 aromatic carbocycles. The summed E-state index contributed by atoms with van der Waals surface area (Å²) in [5, 5.41) is 8.33. The average molecular weight is 397 g/mol. The maximum Gasteiger partial charge on any atom is 0.132 e. The fraction of sp³-hybridized carbons (Fsp3) is 0.615. The third kappa shape index (κ3) is 6.62. The smallest absolute Gasteiger partial charge is 0.132 e. The number of hydrogen-bond donors (Lipinski definition) is 0. The van der Waals surface area contributed by atoms with E-state index in [2.05, 4.69) is 23.2 Å². The van der Waals surface area contributed by atoms with Gasteiger partial charge in [-0.25, -0.2) is 4.39 Å². The minimum atomic E-state index is -0.183. The van der Waals surface area contributed by atoms with Gasteiger partial charge in [0.25, 0.3) is 0 Å². The second-order valence-electron chi connectivity index (χ2n) is 8.85. The molecule has 1 aromatic heterocycles. The lowest BCUT2D eigenvalue weighted by Gasteiger charge is -2.28. The first-order valence-corrected chi connectivity index (χ1v) is 11.8. The van der Waals surface area contributed by atoms with Crippen LogP contribution in [0.25, 0.3) is 11.3 Å². The summed E-state index contributed by atoms with van der Waals surface area (Å²) >= 11 is 0. The first-order valence-electron chi connectivity index (χ1n) is 11.8. The van der Waals surface area contributed by atoms with Gasteiger partial charge in [0.05, 0.1) is 11.4 Å². The number of unbranched alkanes of at least 4 members (excludes halogenated alkanes) is 3. The molecule has 0 radical (unpaired) electrons. The quantitative estimate of drug-likeness (QED) is 0.387. The highest BCUT2D eigenvalue weighted by atomic mass is 19.1. The molecule has 1 aliphatic rings. The van der Waals surface area contributed by atoms with Gasteiger partial charge in [0.2, 0.25) is 0 Å². The molecule has 1 heterocycles. The number of hydrogen-bond acceptors (Lipinski definition) is 2. The number of aryl methyl sites for hydroxylation is 2. The molecule has 3 heteroatoms.